The van der Waals surface area contributed by atoms with E-state index >= 15 is 0 Å². The van der Waals surface area contributed by atoms with E-state index in [9.17, 15) is 9.59 Å². The SMILES string of the molecule is NC(=O)CONCc1ccc(C(N)=O)cc1. The molecule has 0 saturated carbocycles. The van der Waals surface area contributed by atoms with Crippen LogP contribution >= 0.6 is 0 Å². The summed E-state index contributed by atoms with van der Waals surface area (Å²) in [7, 11) is 0. The average molecular weight is 223 g/mol. The highest BCUT2D eigenvalue weighted by Crippen LogP contribution is 2.03. The summed E-state index contributed by atoms with van der Waals surface area (Å²) in [4.78, 5) is 25.9. The van der Waals surface area contributed by atoms with E-state index in [1.807, 2.05) is 0 Å². The Kier molecular flexibility index (Phi) is 4.43. The monoisotopic (exact) mass is 223 g/mol. The third kappa shape index (κ3) is 4.07. The second-order valence-electron chi connectivity index (χ2n) is 3.14. The molecule has 0 heterocycles. The Hall–Kier alpha value is -1.92. The molecule has 0 aliphatic carbocycles. The molecule has 0 unspecified atom stereocenters. The predicted molar refractivity (Wildman–Crippen MR) is 56.9 cm³/mol. The third-order valence-electron chi connectivity index (χ3n) is 1.83. The van der Waals surface area contributed by atoms with Gasteiger partial charge in [0.25, 0.3) is 0 Å². The van der Waals surface area contributed by atoms with Gasteiger partial charge in [-0.05, 0) is 17.7 Å². The number of benzene rings is 1. The molecule has 1 aromatic carbocycles. The lowest BCUT2D eigenvalue weighted by molar-refractivity contribution is -0.125. The van der Waals surface area contributed by atoms with Gasteiger partial charge in [0.2, 0.25) is 11.8 Å². The van der Waals surface area contributed by atoms with Gasteiger partial charge in [-0.3, -0.25) is 14.4 Å². The summed E-state index contributed by atoms with van der Waals surface area (Å²) in [6.07, 6.45) is 0. The van der Waals surface area contributed by atoms with Crippen LogP contribution in [0.3, 0.4) is 0 Å². The largest absolute Gasteiger partial charge is 0.368 e. The molecule has 1 aromatic rings. The van der Waals surface area contributed by atoms with Gasteiger partial charge in [0.15, 0.2) is 0 Å². The van der Waals surface area contributed by atoms with E-state index in [4.69, 9.17) is 16.3 Å². The first-order valence-corrected chi connectivity index (χ1v) is 4.61. The van der Waals surface area contributed by atoms with Crippen LogP contribution in [0.25, 0.3) is 0 Å². The highest BCUT2D eigenvalue weighted by atomic mass is 16.6. The molecule has 0 fully saturated rings. The lowest BCUT2D eigenvalue weighted by atomic mass is 10.1. The first-order valence-electron chi connectivity index (χ1n) is 4.61. The molecule has 2 amide bonds. The van der Waals surface area contributed by atoms with Gasteiger partial charge >= 0.3 is 0 Å². The van der Waals surface area contributed by atoms with Crippen molar-refractivity contribution < 1.29 is 14.4 Å². The number of rotatable bonds is 6. The molecule has 0 bridgehead atoms. The minimum atomic E-state index is -0.545. The average Bonchev–Trinajstić information content (AvgIpc) is 2.25. The van der Waals surface area contributed by atoms with E-state index < -0.39 is 11.8 Å². The zero-order valence-corrected chi connectivity index (χ0v) is 8.60. The number of nitrogens with one attached hydrogen (secondary N) is 1. The number of primary amides is 2. The molecule has 1 rings (SSSR count). The van der Waals surface area contributed by atoms with E-state index in [0.29, 0.717) is 12.1 Å². The summed E-state index contributed by atoms with van der Waals surface area (Å²) < 4.78 is 0. The van der Waals surface area contributed by atoms with Crippen LogP contribution in [0.1, 0.15) is 15.9 Å². The zero-order valence-electron chi connectivity index (χ0n) is 8.60. The fourth-order valence-corrected chi connectivity index (χ4v) is 1.04. The molecule has 16 heavy (non-hydrogen) atoms. The summed E-state index contributed by atoms with van der Waals surface area (Å²) in [6, 6.07) is 6.71. The van der Waals surface area contributed by atoms with Gasteiger partial charge in [-0.2, -0.15) is 5.48 Å². The first kappa shape index (κ1) is 12.2. The van der Waals surface area contributed by atoms with Gasteiger partial charge in [-0.15, -0.1) is 0 Å². The molecule has 6 heteroatoms. The Bertz CT molecular complexity index is 375. The van der Waals surface area contributed by atoms with Crippen molar-refractivity contribution in [1.29, 1.82) is 0 Å². The van der Waals surface area contributed by atoms with Crippen molar-refractivity contribution in [1.82, 2.24) is 5.48 Å². The molecule has 0 aliphatic rings. The Morgan fingerprint density at radius 1 is 1.19 bits per heavy atom. The summed E-state index contributed by atoms with van der Waals surface area (Å²) in [5.74, 6) is -1.01. The van der Waals surface area contributed by atoms with E-state index in [1.165, 1.54) is 0 Å². The fraction of sp³-hybridized carbons (Fsp3) is 0.200. The number of carbonyl (C=O) groups is 2. The van der Waals surface area contributed by atoms with Crippen molar-refractivity contribution in [2.24, 2.45) is 11.5 Å². The van der Waals surface area contributed by atoms with Crippen molar-refractivity contribution in [3.8, 4) is 0 Å². The van der Waals surface area contributed by atoms with Crippen LogP contribution in [0.15, 0.2) is 24.3 Å². The molecule has 0 aliphatic heterocycles. The lowest BCUT2D eigenvalue weighted by Gasteiger charge is -2.04. The standard InChI is InChI=1S/C10H13N3O3/c11-9(14)6-16-13-5-7-1-3-8(4-2-7)10(12)15/h1-4,13H,5-6H2,(H2,11,14)(H2,12,15). The van der Waals surface area contributed by atoms with Crippen LogP contribution in [0.4, 0.5) is 0 Å². The maximum Gasteiger partial charge on any atom is 0.248 e. The molecule has 0 atom stereocenters. The van der Waals surface area contributed by atoms with E-state index in [2.05, 4.69) is 5.48 Å². The van der Waals surface area contributed by atoms with E-state index in [-0.39, 0.29) is 6.61 Å². The van der Waals surface area contributed by atoms with E-state index in [1.54, 1.807) is 24.3 Å². The summed E-state index contributed by atoms with van der Waals surface area (Å²) in [6.45, 7) is 0.228. The predicted octanol–water partition coefficient (Wildman–Crippen LogP) is -0.708. The molecular formula is C10H13N3O3. The number of carbonyl (C=O) groups excluding carboxylic acids is 2. The van der Waals surface area contributed by atoms with Crippen molar-refractivity contribution in [2.75, 3.05) is 6.61 Å². The number of amides is 2. The van der Waals surface area contributed by atoms with Crippen molar-refractivity contribution in [3.63, 3.8) is 0 Å². The number of nitrogens with two attached hydrogens (primary N) is 2. The zero-order chi connectivity index (χ0) is 12.0. The van der Waals surface area contributed by atoms with Crippen LogP contribution < -0.4 is 16.9 Å². The van der Waals surface area contributed by atoms with Crippen LogP contribution in [0, 0.1) is 0 Å². The summed E-state index contributed by atoms with van der Waals surface area (Å²) in [5, 5.41) is 0. The van der Waals surface area contributed by atoms with Crippen LogP contribution in [0.2, 0.25) is 0 Å². The van der Waals surface area contributed by atoms with E-state index in [0.717, 1.165) is 5.56 Å². The fourth-order valence-electron chi connectivity index (χ4n) is 1.04. The Balaban J connectivity index is 2.38. The second kappa shape index (κ2) is 5.84. The van der Waals surface area contributed by atoms with Gasteiger partial charge in [-0.1, -0.05) is 12.1 Å². The van der Waals surface area contributed by atoms with Gasteiger partial charge in [0.1, 0.15) is 6.61 Å². The Labute approximate surface area is 92.5 Å². The molecule has 86 valence electrons. The maximum atomic E-state index is 10.8. The first-order chi connectivity index (χ1) is 7.59. The van der Waals surface area contributed by atoms with Gasteiger partial charge in [0, 0.05) is 12.1 Å². The van der Waals surface area contributed by atoms with Crippen molar-refractivity contribution in [3.05, 3.63) is 35.4 Å². The van der Waals surface area contributed by atoms with Crippen LogP contribution in [-0.2, 0) is 16.2 Å². The third-order valence-corrected chi connectivity index (χ3v) is 1.83. The molecular weight excluding hydrogens is 210 g/mol. The highest BCUT2D eigenvalue weighted by molar-refractivity contribution is 5.92. The molecule has 0 spiro atoms. The van der Waals surface area contributed by atoms with Gasteiger partial charge in [-0.25, -0.2) is 0 Å². The number of hydrogen-bond donors (Lipinski definition) is 3. The van der Waals surface area contributed by atoms with Gasteiger partial charge in [0.05, 0.1) is 0 Å². The molecule has 6 nitrogen and oxygen atoms in total. The highest BCUT2D eigenvalue weighted by Gasteiger charge is 1.99. The second-order valence-corrected chi connectivity index (χ2v) is 3.14. The summed E-state index contributed by atoms with van der Waals surface area (Å²) in [5.41, 5.74) is 13.9. The quantitative estimate of drug-likeness (QED) is 0.437. The topological polar surface area (TPSA) is 107 Å². The van der Waals surface area contributed by atoms with Crippen molar-refractivity contribution in [2.45, 2.75) is 6.54 Å². The molecule has 0 aromatic heterocycles. The smallest absolute Gasteiger partial charge is 0.248 e. The number of hydroxylamine groups is 1. The Morgan fingerprint density at radius 3 is 2.31 bits per heavy atom. The minimum Gasteiger partial charge on any atom is -0.368 e. The van der Waals surface area contributed by atoms with Crippen LogP contribution in [0.5, 0.6) is 0 Å². The molecule has 5 N–H and O–H groups in total. The lowest BCUT2D eigenvalue weighted by Crippen LogP contribution is -2.24. The number of hydrogen-bond acceptors (Lipinski definition) is 4. The van der Waals surface area contributed by atoms with Crippen LogP contribution in [-0.4, -0.2) is 18.4 Å². The Morgan fingerprint density at radius 2 is 1.81 bits per heavy atom. The normalized spacial score (nSPS) is 10.0. The molecule has 0 radical (unpaired) electrons. The minimum absolute atomic E-state index is 0.181. The molecule has 0 saturated heterocycles. The van der Waals surface area contributed by atoms with Crippen molar-refractivity contribution >= 4 is 11.8 Å². The maximum absolute atomic E-state index is 10.8. The van der Waals surface area contributed by atoms with Gasteiger partial charge < -0.3 is 11.5 Å². The summed E-state index contributed by atoms with van der Waals surface area (Å²) >= 11 is 0.